The lowest BCUT2D eigenvalue weighted by molar-refractivity contribution is 0.0996. The average molecular weight is 324 g/mol. The average Bonchev–Trinajstić information content (AvgIpc) is 2.72. The van der Waals surface area contributed by atoms with E-state index in [1.54, 1.807) is 4.90 Å². The Bertz CT molecular complexity index is 571. The number of aryl methyl sites for hydroxylation is 2. The zero-order chi connectivity index (χ0) is 13.3. The zero-order valence-electron chi connectivity index (χ0n) is 10.5. The first kappa shape index (κ1) is 13.3. The smallest absolute Gasteiger partial charge is 0.269 e. The van der Waals surface area contributed by atoms with Crippen LogP contribution in [-0.4, -0.2) is 13.0 Å². The van der Waals surface area contributed by atoms with Crippen LogP contribution >= 0.6 is 27.3 Å². The molecule has 0 N–H and O–H groups in total. The third-order valence-corrected chi connectivity index (χ3v) is 4.54. The predicted octanol–water partition coefficient (Wildman–Crippen LogP) is 4.40. The van der Waals surface area contributed by atoms with Crippen LogP contribution in [0.3, 0.4) is 0 Å². The number of hydrogen-bond acceptors (Lipinski definition) is 2. The van der Waals surface area contributed by atoms with Gasteiger partial charge in [0.15, 0.2) is 0 Å². The molecule has 0 saturated carbocycles. The number of rotatable bonds is 2. The molecule has 0 aliphatic carbocycles. The molecule has 2 nitrogen and oxygen atoms in total. The highest BCUT2D eigenvalue weighted by Crippen LogP contribution is 2.26. The van der Waals surface area contributed by atoms with E-state index in [0.29, 0.717) is 0 Å². The van der Waals surface area contributed by atoms with Gasteiger partial charge in [-0.05, 0) is 64.5 Å². The Balaban J connectivity index is 2.34. The number of carbonyl (C=O) groups excluding carboxylic acids is 1. The number of amides is 1. The second-order valence-corrected chi connectivity index (χ2v) is 6.08. The predicted molar refractivity (Wildman–Crippen MR) is 80.7 cm³/mol. The number of carbonyl (C=O) groups is 1. The van der Waals surface area contributed by atoms with Crippen molar-refractivity contribution in [2.24, 2.45) is 0 Å². The highest BCUT2D eigenvalue weighted by atomic mass is 79.9. The largest absolute Gasteiger partial charge is 0.311 e. The normalized spacial score (nSPS) is 10.4. The summed E-state index contributed by atoms with van der Waals surface area (Å²) in [4.78, 5) is 14.8. The number of benzene rings is 1. The maximum Gasteiger partial charge on any atom is 0.269 e. The molecule has 1 aromatic heterocycles. The van der Waals surface area contributed by atoms with Crippen molar-refractivity contribution >= 4 is 38.9 Å². The lowest BCUT2D eigenvalue weighted by Crippen LogP contribution is -2.25. The molecule has 0 bridgehead atoms. The van der Waals surface area contributed by atoms with Gasteiger partial charge in [0, 0.05) is 17.2 Å². The maximum absolute atomic E-state index is 12.4. The number of thiophene rings is 1. The Morgan fingerprint density at radius 2 is 1.83 bits per heavy atom. The van der Waals surface area contributed by atoms with E-state index in [2.05, 4.69) is 22.0 Å². The third kappa shape index (κ3) is 2.65. The highest BCUT2D eigenvalue weighted by Gasteiger charge is 2.17. The molecule has 1 heterocycles. The highest BCUT2D eigenvalue weighted by molar-refractivity contribution is 9.10. The first-order chi connectivity index (χ1) is 8.49. The minimum atomic E-state index is 0.0156. The minimum absolute atomic E-state index is 0.0156. The topological polar surface area (TPSA) is 20.3 Å². The van der Waals surface area contributed by atoms with Gasteiger partial charge in [-0.3, -0.25) is 4.79 Å². The lowest BCUT2D eigenvalue weighted by Gasteiger charge is -2.18. The maximum atomic E-state index is 12.4. The Morgan fingerprint density at radius 1 is 1.22 bits per heavy atom. The van der Waals surface area contributed by atoms with Crippen LogP contribution in [0.2, 0.25) is 0 Å². The van der Waals surface area contributed by atoms with Crippen molar-refractivity contribution in [2.45, 2.75) is 13.8 Å². The Labute approximate surface area is 119 Å². The van der Waals surface area contributed by atoms with E-state index in [4.69, 9.17) is 0 Å². The molecule has 0 aliphatic heterocycles. The molecular formula is C14H14BrNOS. The van der Waals surface area contributed by atoms with Gasteiger partial charge in [0.05, 0.1) is 0 Å². The van der Waals surface area contributed by atoms with Gasteiger partial charge in [-0.1, -0.05) is 6.07 Å². The quantitative estimate of drug-likeness (QED) is 0.801. The molecule has 0 saturated heterocycles. The molecule has 0 atom stereocenters. The zero-order valence-corrected chi connectivity index (χ0v) is 12.9. The van der Waals surface area contributed by atoms with Gasteiger partial charge in [0.1, 0.15) is 4.88 Å². The number of anilines is 1. The number of halogens is 1. The van der Waals surface area contributed by atoms with Crippen molar-refractivity contribution in [1.29, 1.82) is 0 Å². The van der Waals surface area contributed by atoms with Crippen LogP contribution in [0.4, 0.5) is 5.69 Å². The monoisotopic (exact) mass is 323 g/mol. The van der Waals surface area contributed by atoms with E-state index in [1.165, 1.54) is 11.3 Å². The molecule has 1 amide bonds. The summed E-state index contributed by atoms with van der Waals surface area (Å²) in [5, 5.41) is 1.91. The Kier molecular flexibility index (Phi) is 3.88. The molecule has 2 rings (SSSR count). The third-order valence-electron chi connectivity index (χ3n) is 2.71. The van der Waals surface area contributed by atoms with Crippen LogP contribution in [0, 0.1) is 13.8 Å². The summed E-state index contributed by atoms with van der Waals surface area (Å²) < 4.78 is 0.855. The molecular weight excluding hydrogens is 310 g/mol. The second-order valence-electron chi connectivity index (χ2n) is 4.31. The first-order valence-electron chi connectivity index (χ1n) is 5.58. The summed E-state index contributed by atoms with van der Waals surface area (Å²) >= 11 is 4.85. The van der Waals surface area contributed by atoms with Crippen LogP contribution in [0.1, 0.15) is 20.8 Å². The fourth-order valence-electron chi connectivity index (χ4n) is 1.86. The van der Waals surface area contributed by atoms with Crippen LogP contribution in [0.15, 0.2) is 34.1 Å². The van der Waals surface area contributed by atoms with Gasteiger partial charge in [0.25, 0.3) is 5.91 Å². The summed E-state index contributed by atoms with van der Waals surface area (Å²) in [5.41, 5.74) is 3.25. The molecule has 0 aliphatic rings. The van der Waals surface area contributed by atoms with E-state index in [0.717, 1.165) is 26.2 Å². The Hall–Kier alpha value is -1.13. The van der Waals surface area contributed by atoms with Crippen LogP contribution in [-0.2, 0) is 0 Å². The number of hydrogen-bond donors (Lipinski definition) is 0. The van der Waals surface area contributed by atoms with Gasteiger partial charge in [-0.15, -0.1) is 11.3 Å². The molecule has 0 radical (unpaired) electrons. The summed E-state index contributed by atoms with van der Waals surface area (Å²) in [6, 6.07) is 8.04. The second kappa shape index (κ2) is 5.24. The van der Waals surface area contributed by atoms with Crippen molar-refractivity contribution in [3.05, 3.63) is 50.1 Å². The van der Waals surface area contributed by atoms with Crippen LogP contribution in [0.5, 0.6) is 0 Å². The molecule has 2 aromatic rings. The first-order valence-corrected chi connectivity index (χ1v) is 7.25. The standard InChI is InChI=1S/C14H14BrNOS/c1-9-6-10(2)8-11(7-9)16(3)14(17)13-12(15)4-5-18-13/h4-8H,1-3H3. The van der Waals surface area contributed by atoms with Crippen molar-refractivity contribution in [3.63, 3.8) is 0 Å². The van der Waals surface area contributed by atoms with Crippen molar-refractivity contribution in [1.82, 2.24) is 0 Å². The van der Waals surface area contributed by atoms with Crippen LogP contribution < -0.4 is 4.90 Å². The molecule has 1 aromatic carbocycles. The van der Waals surface area contributed by atoms with E-state index in [1.807, 2.05) is 44.5 Å². The summed E-state index contributed by atoms with van der Waals surface area (Å²) in [5.74, 6) is 0.0156. The van der Waals surface area contributed by atoms with Gasteiger partial charge in [-0.2, -0.15) is 0 Å². The summed E-state index contributed by atoms with van der Waals surface area (Å²) in [6.07, 6.45) is 0. The molecule has 4 heteroatoms. The van der Waals surface area contributed by atoms with Crippen LogP contribution in [0.25, 0.3) is 0 Å². The van der Waals surface area contributed by atoms with Gasteiger partial charge in [-0.25, -0.2) is 0 Å². The van der Waals surface area contributed by atoms with E-state index < -0.39 is 0 Å². The Morgan fingerprint density at radius 3 is 2.33 bits per heavy atom. The number of nitrogens with zero attached hydrogens (tertiary/aromatic N) is 1. The summed E-state index contributed by atoms with van der Waals surface area (Å²) in [6.45, 7) is 4.08. The van der Waals surface area contributed by atoms with Gasteiger partial charge in [0.2, 0.25) is 0 Å². The van der Waals surface area contributed by atoms with E-state index in [-0.39, 0.29) is 5.91 Å². The van der Waals surface area contributed by atoms with Gasteiger partial charge < -0.3 is 4.90 Å². The summed E-state index contributed by atoms with van der Waals surface area (Å²) in [7, 11) is 1.81. The molecule has 0 unspecified atom stereocenters. The SMILES string of the molecule is Cc1cc(C)cc(N(C)C(=O)c2sccc2Br)c1. The van der Waals surface area contributed by atoms with Crippen molar-refractivity contribution in [2.75, 3.05) is 11.9 Å². The van der Waals surface area contributed by atoms with Crippen molar-refractivity contribution < 1.29 is 4.79 Å². The van der Waals surface area contributed by atoms with Crippen molar-refractivity contribution in [3.8, 4) is 0 Å². The molecule has 0 fully saturated rings. The molecule has 94 valence electrons. The van der Waals surface area contributed by atoms with E-state index >= 15 is 0 Å². The fourth-order valence-corrected chi connectivity index (χ4v) is 3.38. The molecule has 0 spiro atoms. The van der Waals surface area contributed by atoms with E-state index in [9.17, 15) is 4.79 Å². The molecule has 18 heavy (non-hydrogen) atoms. The van der Waals surface area contributed by atoms with Gasteiger partial charge >= 0.3 is 0 Å². The lowest BCUT2D eigenvalue weighted by atomic mass is 10.1. The fraction of sp³-hybridized carbons (Fsp3) is 0.214. The minimum Gasteiger partial charge on any atom is -0.311 e.